The number of thiophene rings is 1. The third kappa shape index (κ3) is 3.19. The lowest BCUT2D eigenvalue weighted by Gasteiger charge is -2.23. The van der Waals surface area contributed by atoms with Gasteiger partial charge in [0.25, 0.3) is 0 Å². The van der Waals surface area contributed by atoms with Crippen molar-refractivity contribution in [2.45, 2.75) is 25.1 Å². The molecule has 1 aromatic heterocycles. The highest BCUT2D eigenvalue weighted by Crippen LogP contribution is 2.34. The van der Waals surface area contributed by atoms with Gasteiger partial charge in [0.1, 0.15) is 0 Å². The Morgan fingerprint density at radius 3 is 2.90 bits per heavy atom. The van der Waals surface area contributed by atoms with Crippen molar-refractivity contribution in [1.29, 1.82) is 0 Å². The molecule has 1 N–H and O–H groups in total. The molecule has 0 aliphatic carbocycles. The topological polar surface area (TPSA) is 12.0 Å². The summed E-state index contributed by atoms with van der Waals surface area (Å²) in [7, 11) is 0. The smallest absolute Gasteiger partial charge is 0.0389 e. The molecule has 20 heavy (non-hydrogen) atoms. The molecule has 0 amide bonds. The molecule has 4 heteroatoms. The van der Waals surface area contributed by atoms with Crippen molar-refractivity contribution in [3.63, 3.8) is 0 Å². The SMILES string of the molecule is Cc1c(C(C)NCC2CSCCS2)sc2ccccc12. The number of aryl methyl sites for hydroxylation is 1. The van der Waals surface area contributed by atoms with Crippen LogP contribution in [-0.2, 0) is 0 Å². The van der Waals surface area contributed by atoms with Gasteiger partial charge < -0.3 is 5.32 Å². The fourth-order valence-corrected chi connectivity index (χ4v) is 6.52. The number of nitrogens with one attached hydrogen (secondary N) is 1. The van der Waals surface area contributed by atoms with Gasteiger partial charge in [-0.15, -0.1) is 11.3 Å². The molecule has 2 heterocycles. The van der Waals surface area contributed by atoms with E-state index >= 15 is 0 Å². The first kappa shape index (κ1) is 14.8. The average molecular weight is 324 g/mol. The zero-order valence-corrected chi connectivity index (χ0v) is 14.5. The van der Waals surface area contributed by atoms with Gasteiger partial charge in [-0.25, -0.2) is 0 Å². The quantitative estimate of drug-likeness (QED) is 0.875. The summed E-state index contributed by atoms with van der Waals surface area (Å²) in [6.45, 7) is 5.70. The number of benzene rings is 1. The second-order valence-corrected chi connectivity index (χ2v) is 8.93. The molecule has 0 spiro atoms. The van der Waals surface area contributed by atoms with Gasteiger partial charge >= 0.3 is 0 Å². The number of rotatable bonds is 4. The molecule has 1 nitrogen and oxygen atoms in total. The van der Waals surface area contributed by atoms with Crippen molar-refractivity contribution in [2.75, 3.05) is 23.8 Å². The average Bonchev–Trinajstić information content (AvgIpc) is 2.84. The van der Waals surface area contributed by atoms with E-state index in [1.807, 2.05) is 11.3 Å². The molecule has 0 saturated carbocycles. The minimum Gasteiger partial charge on any atom is -0.308 e. The first-order chi connectivity index (χ1) is 9.75. The highest BCUT2D eigenvalue weighted by molar-refractivity contribution is 8.06. The second-order valence-electron chi connectivity index (χ2n) is 5.29. The maximum absolute atomic E-state index is 3.75. The van der Waals surface area contributed by atoms with Crippen molar-refractivity contribution >= 4 is 44.9 Å². The third-order valence-electron chi connectivity index (χ3n) is 3.81. The Labute approximate surface area is 133 Å². The Bertz CT molecular complexity index is 572. The van der Waals surface area contributed by atoms with Crippen molar-refractivity contribution in [3.05, 3.63) is 34.7 Å². The van der Waals surface area contributed by atoms with Gasteiger partial charge in [-0.2, -0.15) is 23.5 Å². The van der Waals surface area contributed by atoms with E-state index in [1.165, 1.54) is 37.8 Å². The summed E-state index contributed by atoms with van der Waals surface area (Å²) in [5, 5.41) is 5.95. The molecule has 0 bridgehead atoms. The number of hydrogen-bond donors (Lipinski definition) is 1. The van der Waals surface area contributed by atoms with Crippen LogP contribution in [0.1, 0.15) is 23.4 Å². The summed E-state index contributed by atoms with van der Waals surface area (Å²) in [5.41, 5.74) is 1.45. The van der Waals surface area contributed by atoms with E-state index in [1.54, 1.807) is 0 Å². The standard InChI is InChI=1S/C16H21NS3/c1-11-14-5-3-4-6-15(14)20-16(11)12(2)17-9-13-10-18-7-8-19-13/h3-6,12-13,17H,7-10H2,1-2H3. The second kappa shape index (κ2) is 6.73. The number of thioether (sulfide) groups is 2. The van der Waals surface area contributed by atoms with Crippen molar-refractivity contribution in [2.24, 2.45) is 0 Å². The lowest BCUT2D eigenvalue weighted by atomic mass is 10.1. The van der Waals surface area contributed by atoms with E-state index in [0.29, 0.717) is 6.04 Å². The summed E-state index contributed by atoms with van der Waals surface area (Å²) in [6.07, 6.45) is 0. The van der Waals surface area contributed by atoms with E-state index in [9.17, 15) is 0 Å². The highest BCUT2D eigenvalue weighted by atomic mass is 32.2. The third-order valence-corrected chi connectivity index (χ3v) is 8.11. The first-order valence-corrected chi connectivity index (χ1v) is 10.2. The fraction of sp³-hybridized carbons (Fsp3) is 0.500. The summed E-state index contributed by atoms with van der Waals surface area (Å²) in [4.78, 5) is 1.50. The maximum atomic E-state index is 3.75. The van der Waals surface area contributed by atoms with E-state index < -0.39 is 0 Å². The monoisotopic (exact) mass is 323 g/mol. The van der Waals surface area contributed by atoms with Crippen molar-refractivity contribution in [1.82, 2.24) is 5.32 Å². The van der Waals surface area contributed by atoms with Crippen LogP contribution in [0.15, 0.2) is 24.3 Å². The molecular weight excluding hydrogens is 302 g/mol. The normalized spacial score (nSPS) is 21.2. The Hall–Kier alpha value is -0.160. The Balaban J connectivity index is 1.68. The Morgan fingerprint density at radius 2 is 2.15 bits per heavy atom. The van der Waals surface area contributed by atoms with Gasteiger partial charge in [-0.1, -0.05) is 18.2 Å². The zero-order valence-electron chi connectivity index (χ0n) is 12.0. The lowest BCUT2D eigenvalue weighted by Crippen LogP contribution is -2.30. The molecule has 0 radical (unpaired) electrons. The minimum atomic E-state index is 0.458. The molecular formula is C16H21NS3. The summed E-state index contributed by atoms with van der Waals surface area (Å²) in [5.74, 6) is 3.94. The van der Waals surface area contributed by atoms with Crippen LogP contribution in [-0.4, -0.2) is 29.1 Å². The molecule has 1 aromatic carbocycles. The van der Waals surface area contributed by atoms with Gasteiger partial charge in [-0.05, 0) is 30.9 Å². The van der Waals surface area contributed by atoms with Crippen LogP contribution in [0.5, 0.6) is 0 Å². The van der Waals surface area contributed by atoms with Gasteiger partial charge in [-0.3, -0.25) is 0 Å². The van der Waals surface area contributed by atoms with Crippen LogP contribution >= 0.6 is 34.9 Å². The Morgan fingerprint density at radius 1 is 1.30 bits per heavy atom. The summed E-state index contributed by atoms with van der Waals surface area (Å²) in [6, 6.07) is 9.21. The summed E-state index contributed by atoms with van der Waals surface area (Å²) < 4.78 is 1.41. The molecule has 1 fully saturated rings. The van der Waals surface area contributed by atoms with Gasteiger partial charge in [0.2, 0.25) is 0 Å². The predicted molar refractivity (Wildman–Crippen MR) is 96.6 cm³/mol. The van der Waals surface area contributed by atoms with Crippen LogP contribution in [0.2, 0.25) is 0 Å². The zero-order chi connectivity index (χ0) is 13.9. The Kier molecular flexibility index (Phi) is 4.97. The summed E-state index contributed by atoms with van der Waals surface area (Å²) >= 11 is 6.17. The minimum absolute atomic E-state index is 0.458. The molecule has 1 aliphatic heterocycles. The highest BCUT2D eigenvalue weighted by Gasteiger charge is 2.18. The molecule has 2 unspecified atom stereocenters. The fourth-order valence-electron chi connectivity index (χ4n) is 2.66. The predicted octanol–water partition coefficient (Wildman–Crippen LogP) is 4.71. The van der Waals surface area contributed by atoms with E-state index in [4.69, 9.17) is 0 Å². The first-order valence-electron chi connectivity index (χ1n) is 7.16. The molecule has 3 rings (SSSR count). The van der Waals surface area contributed by atoms with E-state index in [0.717, 1.165) is 11.8 Å². The maximum Gasteiger partial charge on any atom is 0.0389 e. The van der Waals surface area contributed by atoms with Gasteiger partial charge in [0, 0.05) is 44.7 Å². The van der Waals surface area contributed by atoms with Crippen molar-refractivity contribution in [3.8, 4) is 0 Å². The van der Waals surface area contributed by atoms with Crippen LogP contribution in [0.4, 0.5) is 0 Å². The van der Waals surface area contributed by atoms with Crippen LogP contribution < -0.4 is 5.32 Å². The largest absolute Gasteiger partial charge is 0.308 e. The number of hydrogen-bond acceptors (Lipinski definition) is 4. The molecule has 1 aliphatic rings. The van der Waals surface area contributed by atoms with Crippen LogP contribution in [0.3, 0.4) is 0 Å². The number of fused-ring (bicyclic) bond motifs is 1. The molecule has 1 saturated heterocycles. The van der Waals surface area contributed by atoms with Gasteiger partial charge in [0.15, 0.2) is 0 Å². The lowest BCUT2D eigenvalue weighted by molar-refractivity contribution is 0.583. The molecule has 2 atom stereocenters. The van der Waals surface area contributed by atoms with E-state index in [2.05, 4.69) is 67.0 Å². The van der Waals surface area contributed by atoms with Crippen LogP contribution in [0.25, 0.3) is 10.1 Å². The van der Waals surface area contributed by atoms with Crippen molar-refractivity contribution < 1.29 is 0 Å². The molecule has 108 valence electrons. The van der Waals surface area contributed by atoms with E-state index in [-0.39, 0.29) is 0 Å². The van der Waals surface area contributed by atoms with Gasteiger partial charge in [0.05, 0.1) is 0 Å². The van der Waals surface area contributed by atoms with Crippen LogP contribution in [0, 0.1) is 6.92 Å². The molecule has 2 aromatic rings.